The van der Waals surface area contributed by atoms with Gasteiger partial charge in [-0.1, -0.05) is 12.8 Å². The normalized spacial score (nSPS) is 23.8. The molecule has 32 heavy (non-hydrogen) atoms. The van der Waals surface area contributed by atoms with E-state index in [9.17, 15) is 9.59 Å². The zero-order valence-electron chi connectivity index (χ0n) is 18.7. The first kappa shape index (κ1) is 21.2. The van der Waals surface area contributed by atoms with Gasteiger partial charge >= 0.3 is 6.03 Å². The Morgan fingerprint density at radius 3 is 2.75 bits per heavy atom. The van der Waals surface area contributed by atoms with E-state index in [0.29, 0.717) is 51.4 Å². The van der Waals surface area contributed by atoms with Crippen molar-refractivity contribution in [1.82, 2.24) is 24.7 Å². The number of ether oxygens (including phenoxy) is 1. The molecule has 3 fully saturated rings. The van der Waals surface area contributed by atoms with Gasteiger partial charge in [-0.3, -0.25) is 4.79 Å². The molecule has 3 heterocycles. The number of morpholine rings is 1. The minimum atomic E-state index is -0.0480. The molecular formula is C24H33N5O3. The first-order valence-corrected chi connectivity index (χ1v) is 12.1. The maximum atomic E-state index is 13.3. The van der Waals surface area contributed by atoms with Crippen LogP contribution in [0.4, 0.5) is 4.79 Å². The number of benzene rings is 1. The van der Waals surface area contributed by atoms with E-state index in [2.05, 4.69) is 15.2 Å². The van der Waals surface area contributed by atoms with Crippen molar-refractivity contribution in [3.8, 4) is 0 Å². The molecule has 8 nitrogen and oxygen atoms in total. The quantitative estimate of drug-likeness (QED) is 0.795. The minimum Gasteiger partial charge on any atom is -0.378 e. The van der Waals surface area contributed by atoms with Crippen LogP contribution in [0.1, 0.15) is 48.9 Å². The van der Waals surface area contributed by atoms with Crippen molar-refractivity contribution < 1.29 is 14.3 Å². The van der Waals surface area contributed by atoms with Crippen LogP contribution in [-0.4, -0.2) is 76.7 Å². The number of piperidine rings is 1. The van der Waals surface area contributed by atoms with E-state index >= 15 is 0 Å². The number of amides is 3. The highest BCUT2D eigenvalue weighted by Gasteiger charge is 2.36. The fourth-order valence-electron chi connectivity index (χ4n) is 5.58. The second kappa shape index (κ2) is 9.48. The summed E-state index contributed by atoms with van der Waals surface area (Å²) in [4.78, 5) is 34.0. The van der Waals surface area contributed by atoms with Gasteiger partial charge in [0.25, 0.3) is 5.91 Å². The van der Waals surface area contributed by atoms with Gasteiger partial charge in [-0.25, -0.2) is 9.78 Å². The van der Waals surface area contributed by atoms with Crippen LogP contribution < -0.4 is 5.32 Å². The van der Waals surface area contributed by atoms with Crippen molar-refractivity contribution in [2.24, 2.45) is 5.92 Å². The Kier molecular flexibility index (Phi) is 6.30. The summed E-state index contributed by atoms with van der Waals surface area (Å²) in [5.74, 6) is 0.827. The molecule has 3 amide bonds. The second-order valence-electron chi connectivity index (χ2n) is 9.23. The molecule has 1 aromatic heterocycles. The number of imidazole rings is 1. The summed E-state index contributed by atoms with van der Waals surface area (Å²) >= 11 is 0. The monoisotopic (exact) mass is 439 g/mol. The molecule has 0 bridgehead atoms. The molecule has 2 aromatic rings. The van der Waals surface area contributed by atoms with E-state index in [4.69, 9.17) is 4.74 Å². The van der Waals surface area contributed by atoms with E-state index in [-0.39, 0.29) is 11.9 Å². The van der Waals surface area contributed by atoms with Crippen molar-refractivity contribution in [3.05, 3.63) is 30.1 Å². The average molecular weight is 440 g/mol. The lowest BCUT2D eigenvalue weighted by atomic mass is 9.78. The Hall–Kier alpha value is -2.61. The Labute approximate surface area is 188 Å². The Balaban J connectivity index is 1.22. The SMILES string of the molecule is O=C(NCCn1cnc2cc(C(=O)N3CCC[C@@H]4CCCC[C@@H]43)ccc21)N1CCOCC1. The maximum Gasteiger partial charge on any atom is 0.317 e. The highest BCUT2D eigenvalue weighted by Crippen LogP contribution is 2.36. The molecule has 0 radical (unpaired) electrons. The number of nitrogens with zero attached hydrogens (tertiary/aromatic N) is 4. The van der Waals surface area contributed by atoms with Crippen molar-refractivity contribution in [3.63, 3.8) is 0 Å². The molecule has 0 unspecified atom stereocenters. The van der Waals surface area contributed by atoms with Gasteiger partial charge in [-0.05, 0) is 49.8 Å². The summed E-state index contributed by atoms with van der Waals surface area (Å²) in [7, 11) is 0. The van der Waals surface area contributed by atoms with Crippen molar-refractivity contribution >= 4 is 23.0 Å². The molecule has 1 aromatic carbocycles. The van der Waals surface area contributed by atoms with Gasteiger partial charge in [-0.2, -0.15) is 0 Å². The van der Waals surface area contributed by atoms with Gasteiger partial charge in [0.1, 0.15) is 0 Å². The van der Waals surface area contributed by atoms with Crippen LogP contribution in [-0.2, 0) is 11.3 Å². The predicted octanol–water partition coefficient (Wildman–Crippen LogP) is 2.87. The summed E-state index contributed by atoms with van der Waals surface area (Å²) in [6, 6.07) is 6.21. The summed E-state index contributed by atoms with van der Waals surface area (Å²) in [6.45, 7) is 4.49. The van der Waals surface area contributed by atoms with Gasteiger partial charge in [0.05, 0.1) is 30.6 Å². The number of rotatable bonds is 4. The highest BCUT2D eigenvalue weighted by molar-refractivity contribution is 5.97. The molecule has 1 aliphatic carbocycles. The third-order valence-electron chi connectivity index (χ3n) is 7.30. The third-order valence-corrected chi connectivity index (χ3v) is 7.30. The topological polar surface area (TPSA) is 79.7 Å². The summed E-state index contributed by atoms with van der Waals surface area (Å²) in [5, 5.41) is 2.98. The van der Waals surface area contributed by atoms with E-state index in [0.717, 1.165) is 36.0 Å². The average Bonchev–Trinajstić information content (AvgIpc) is 3.26. The number of carbonyl (C=O) groups is 2. The molecule has 0 spiro atoms. The van der Waals surface area contributed by atoms with Gasteiger partial charge in [0, 0.05) is 44.3 Å². The molecule has 2 saturated heterocycles. The van der Waals surface area contributed by atoms with E-state index < -0.39 is 0 Å². The first-order valence-electron chi connectivity index (χ1n) is 12.1. The molecule has 172 valence electrons. The first-order chi connectivity index (χ1) is 15.7. The van der Waals surface area contributed by atoms with Crippen LogP contribution in [0.3, 0.4) is 0 Å². The van der Waals surface area contributed by atoms with Gasteiger partial charge in [0.2, 0.25) is 0 Å². The molecule has 1 N–H and O–H groups in total. The lowest BCUT2D eigenvalue weighted by molar-refractivity contribution is 0.0391. The number of urea groups is 1. The summed E-state index contributed by atoms with van der Waals surface area (Å²) in [6.07, 6.45) is 9.11. The number of hydrogen-bond acceptors (Lipinski definition) is 4. The van der Waals surface area contributed by atoms with Crippen LogP contribution in [0, 0.1) is 5.92 Å². The number of carbonyl (C=O) groups excluding carboxylic acids is 2. The van der Waals surface area contributed by atoms with Crippen LogP contribution in [0.25, 0.3) is 11.0 Å². The summed E-state index contributed by atoms with van der Waals surface area (Å²) < 4.78 is 7.32. The Morgan fingerprint density at radius 2 is 1.88 bits per heavy atom. The molecule has 2 atom stereocenters. The van der Waals surface area contributed by atoms with Crippen LogP contribution in [0.2, 0.25) is 0 Å². The number of hydrogen-bond donors (Lipinski definition) is 1. The van der Waals surface area contributed by atoms with Gasteiger partial charge < -0.3 is 24.4 Å². The van der Waals surface area contributed by atoms with Gasteiger partial charge in [-0.15, -0.1) is 0 Å². The molecule has 5 rings (SSSR count). The van der Waals surface area contributed by atoms with Crippen LogP contribution in [0.15, 0.2) is 24.5 Å². The number of nitrogens with one attached hydrogen (secondary N) is 1. The maximum absolute atomic E-state index is 13.3. The fraction of sp³-hybridized carbons (Fsp3) is 0.625. The molecule has 2 aliphatic heterocycles. The Morgan fingerprint density at radius 1 is 1.06 bits per heavy atom. The van der Waals surface area contributed by atoms with Gasteiger partial charge in [0.15, 0.2) is 0 Å². The van der Waals surface area contributed by atoms with E-state index in [1.54, 1.807) is 11.2 Å². The smallest absolute Gasteiger partial charge is 0.317 e. The molecule has 3 aliphatic rings. The standard InChI is InChI=1S/C24H33N5O3/c30-23(29-10-3-5-18-4-1-2-6-21(18)29)19-7-8-22-20(16-19)26-17-28(22)11-9-25-24(31)27-12-14-32-15-13-27/h7-8,16-18,21H,1-6,9-15H2,(H,25,31)/t18-,21-/m0/s1. The third kappa shape index (κ3) is 4.33. The molecule has 1 saturated carbocycles. The zero-order chi connectivity index (χ0) is 21.9. The number of fused-ring (bicyclic) bond motifs is 2. The lowest BCUT2D eigenvalue weighted by Gasteiger charge is -2.44. The predicted molar refractivity (Wildman–Crippen MR) is 122 cm³/mol. The van der Waals surface area contributed by atoms with E-state index in [1.165, 1.54) is 25.7 Å². The fourth-order valence-corrected chi connectivity index (χ4v) is 5.58. The minimum absolute atomic E-state index is 0.0480. The Bertz CT molecular complexity index is 966. The summed E-state index contributed by atoms with van der Waals surface area (Å²) in [5.41, 5.74) is 2.54. The number of likely N-dealkylation sites (tertiary alicyclic amines) is 1. The molecular weight excluding hydrogens is 406 g/mol. The van der Waals surface area contributed by atoms with E-state index in [1.807, 2.05) is 22.8 Å². The lowest BCUT2D eigenvalue weighted by Crippen LogP contribution is -2.49. The van der Waals surface area contributed by atoms with Crippen molar-refractivity contribution in [2.45, 2.75) is 51.1 Å². The second-order valence-corrected chi connectivity index (χ2v) is 9.23. The van der Waals surface area contributed by atoms with Crippen molar-refractivity contribution in [1.29, 1.82) is 0 Å². The highest BCUT2D eigenvalue weighted by atomic mass is 16.5. The molecule has 8 heteroatoms. The van der Waals surface area contributed by atoms with Crippen LogP contribution in [0.5, 0.6) is 0 Å². The number of aromatic nitrogens is 2. The van der Waals surface area contributed by atoms with Crippen LogP contribution >= 0.6 is 0 Å². The zero-order valence-corrected chi connectivity index (χ0v) is 18.7. The van der Waals surface area contributed by atoms with Crippen molar-refractivity contribution in [2.75, 3.05) is 39.4 Å². The largest absolute Gasteiger partial charge is 0.378 e.